The van der Waals surface area contributed by atoms with Gasteiger partial charge in [0.25, 0.3) is 0 Å². The van der Waals surface area contributed by atoms with Crippen LogP contribution in [0.2, 0.25) is 5.02 Å². The normalized spacial score (nSPS) is 23.5. The number of carbonyl (C=O) groups is 2. The van der Waals surface area contributed by atoms with Crippen molar-refractivity contribution in [1.82, 2.24) is 4.90 Å². The Kier molecular flexibility index (Phi) is 3.26. The third kappa shape index (κ3) is 1.95. The number of rotatable bonds is 2. The zero-order chi connectivity index (χ0) is 13.4. The Balaban J connectivity index is 2.49. The Morgan fingerprint density at radius 2 is 2.22 bits per heavy atom. The summed E-state index contributed by atoms with van der Waals surface area (Å²) in [5.74, 6) is -3.05. The number of halogens is 2. The molecule has 0 aliphatic carbocycles. The van der Waals surface area contributed by atoms with Crippen LogP contribution in [0.1, 0.15) is 18.0 Å². The Bertz CT molecular complexity index is 520. The highest BCUT2D eigenvalue weighted by Gasteiger charge is 2.44. The van der Waals surface area contributed by atoms with Crippen LogP contribution in [0.5, 0.6) is 0 Å². The fourth-order valence-corrected chi connectivity index (χ4v) is 2.45. The van der Waals surface area contributed by atoms with E-state index >= 15 is 0 Å². The van der Waals surface area contributed by atoms with Crippen LogP contribution in [-0.4, -0.2) is 28.9 Å². The van der Waals surface area contributed by atoms with E-state index in [4.69, 9.17) is 16.7 Å². The van der Waals surface area contributed by atoms with Crippen molar-refractivity contribution in [1.29, 1.82) is 0 Å². The fourth-order valence-electron chi connectivity index (χ4n) is 2.27. The molecule has 0 saturated carbocycles. The first kappa shape index (κ1) is 12.8. The van der Waals surface area contributed by atoms with E-state index in [0.29, 0.717) is 0 Å². The summed E-state index contributed by atoms with van der Waals surface area (Å²) in [7, 11) is 1.47. The van der Waals surface area contributed by atoms with Crippen LogP contribution in [0.15, 0.2) is 18.2 Å². The first-order valence-corrected chi connectivity index (χ1v) is 5.73. The second kappa shape index (κ2) is 4.57. The molecule has 0 bridgehead atoms. The number of carbonyl (C=O) groups excluding carboxylic acids is 1. The molecule has 2 rings (SSSR count). The molecule has 0 radical (unpaired) electrons. The number of hydrogen-bond donors (Lipinski definition) is 1. The Hall–Kier alpha value is -1.62. The number of hydrogen-bond acceptors (Lipinski definition) is 2. The van der Waals surface area contributed by atoms with E-state index in [1.165, 1.54) is 30.1 Å². The maximum absolute atomic E-state index is 13.9. The number of benzene rings is 1. The van der Waals surface area contributed by atoms with Gasteiger partial charge in [0, 0.05) is 19.0 Å². The van der Waals surface area contributed by atoms with Gasteiger partial charge < -0.3 is 10.0 Å². The molecule has 2 unspecified atom stereocenters. The first-order valence-electron chi connectivity index (χ1n) is 5.36. The van der Waals surface area contributed by atoms with Gasteiger partial charge >= 0.3 is 5.97 Å². The minimum atomic E-state index is -1.11. The topological polar surface area (TPSA) is 57.6 Å². The van der Waals surface area contributed by atoms with Gasteiger partial charge in [-0.05, 0) is 6.07 Å². The average molecular weight is 272 g/mol. The Morgan fingerprint density at radius 1 is 1.56 bits per heavy atom. The van der Waals surface area contributed by atoms with Crippen molar-refractivity contribution < 1.29 is 19.1 Å². The van der Waals surface area contributed by atoms with Crippen molar-refractivity contribution in [2.45, 2.75) is 12.5 Å². The molecule has 1 aromatic rings. The second-order valence-electron chi connectivity index (χ2n) is 4.24. The van der Waals surface area contributed by atoms with Crippen molar-refractivity contribution in [3.05, 3.63) is 34.6 Å². The molecule has 1 heterocycles. The van der Waals surface area contributed by atoms with E-state index in [1.807, 2.05) is 0 Å². The number of carboxylic acid groups (broad SMARTS) is 1. The molecular formula is C12H11ClFNO3. The molecule has 1 N–H and O–H groups in total. The zero-order valence-corrected chi connectivity index (χ0v) is 10.3. The van der Waals surface area contributed by atoms with E-state index in [2.05, 4.69) is 0 Å². The summed E-state index contributed by atoms with van der Waals surface area (Å²) in [5, 5.41) is 9.03. The molecule has 6 heteroatoms. The van der Waals surface area contributed by atoms with Crippen LogP contribution >= 0.6 is 11.6 Å². The molecule has 96 valence electrons. The summed E-state index contributed by atoms with van der Waals surface area (Å²) < 4.78 is 13.9. The van der Waals surface area contributed by atoms with Gasteiger partial charge in [0.2, 0.25) is 5.91 Å². The molecule has 0 aromatic heterocycles. The maximum Gasteiger partial charge on any atom is 0.309 e. The summed E-state index contributed by atoms with van der Waals surface area (Å²) in [6.45, 7) is 0. The van der Waals surface area contributed by atoms with E-state index in [9.17, 15) is 14.0 Å². The van der Waals surface area contributed by atoms with Gasteiger partial charge in [0.1, 0.15) is 5.82 Å². The molecule has 1 fully saturated rings. The molecule has 18 heavy (non-hydrogen) atoms. The van der Waals surface area contributed by atoms with Crippen LogP contribution in [0, 0.1) is 11.7 Å². The molecule has 1 aliphatic rings. The molecule has 1 amide bonds. The van der Waals surface area contributed by atoms with Gasteiger partial charge in [-0.25, -0.2) is 4.39 Å². The quantitative estimate of drug-likeness (QED) is 0.896. The van der Waals surface area contributed by atoms with E-state index in [0.717, 1.165) is 0 Å². The lowest BCUT2D eigenvalue weighted by atomic mass is 9.93. The van der Waals surface area contributed by atoms with E-state index in [-0.39, 0.29) is 22.9 Å². The Morgan fingerprint density at radius 3 is 2.83 bits per heavy atom. The third-order valence-corrected chi connectivity index (χ3v) is 3.50. The lowest BCUT2D eigenvalue weighted by molar-refractivity contribution is -0.142. The van der Waals surface area contributed by atoms with Crippen LogP contribution in [0.25, 0.3) is 0 Å². The number of amides is 1. The minimum absolute atomic E-state index is 0.0793. The van der Waals surface area contributed by atoms with Crippen molar-refractivity contribution in [3.63, 3.8) is 0 Å². The van der Waals surface area contributed by atoms with Crippen LogP contribution in [0.4, 0.5) is 4.39 Å². The zero-order valence-electron chi connectivity index (χ0n) is 9.56. The summed E-state index contributed by atoms with van der Waals surface area (Å²) in [6, 6.07) is 3.56. The monoisotopic (exact) mass is 271 g/mol. The molecule has 1 aliphatic heterocycles. The van der Waals surface area contributed by atoms with Gasteiger partial charge in [-0.15, -0.1) is 0 Å². The molecule has 1 aromatic carbocycles. The first-order chi connectivity index (χ1) is 8.43. The van der Waals surface area contributed by atoms with Crippen molar-refractivity contribution >= 4 is 23.5 Å². The predicted molar refractivity (Wildman–Crippen MR) is 62.7 cm³/mol. The summed E-state index contributed by atoms with van der Waals surface area (Å²) in [4.78, 5) is 24.0. The minimum Gasteiger partial charge on any atom is -0.481 e. The molecule has 2 atom stereocenters. The summed E-state index contributed by atoms with van der Waals surface area (Å²) >= 11 is 5.68. The van der Waals surface area contributed by atoms with Crippen molar-refractivity contribution in [3.8, 4) is 0 Å². The van der Waals surface area contributed by atoms with Gasteiger partial charge in [-0.3, -0.25) is 9.59 Å². The largest absolute Gasteiger partial charge is 0.481 e. The highest BCUT2D eigenvalue weighted by molar-refractivity contribution is 6.30. The molecule has 4 nitrogen and oxygen atoms in total. The molecule has 0 spiro atoms. The number of carboxylic acids is 1. The molecule has 1 saturated heterocycles. The van der Waals surface area contributed by atoms with Crippen molar-refractivity contribution in [2.24, 2.45) is 5.92 Å². The van der Waals surface area contributed by atoms with Gasteiger partial charge in [0.05, 0.1) is 17.0 Å². The smallest absolute Gasteiger partial charge is 0.309 e. The summed E-state index contributed by atoms with van der Waals surface area (Å²) in [6.07, 6.45) is -0.123. The average Bonchev–Trinajstić information content (AvgIpc) is 2.60. The predicted octanol–water partition coefficient (Wildman–Crippen LogP) is 2.08. The van der Waals surface area contributed by atoms with Gasteiger partial charge in [-0.1, -0.05) is 23.7 Å². The van der Waals surface area contributed by atoms with E-state index in [1.54, 1.807) is 0 Å². The van der Waals surface area contributed by atoms with Crippen molar-refractivity contribution in [2.75, 3.05) is 7.05 Å². The lowest BCUT2D eigenvalue weighted by Gasteiger charge is -2.24. The summed E-state index contributed by atoms with van der Waals surface area (Å²) in [5.41, 5.74) is 0.142. The number of aliphatic carboxylic acids is 1. The lowest BCUT2D eigenvalue weighted by Crippen LogP contribution is -2.27. The van der Waals surface area contributed by atoms with Gasteiger partial charge in [0.15, 0.2) is 0 Å². The highest BCUT2D eigenvalue weighted by Crippen LogP contribution is 2.39. The Labute approximate surface area is 108 Å². The number of likely N-dealkylation sites (tertiary alicyclic amines) is 1. The van der Waals surface area contributed by atoms with Crippen LogP contribution < -0.4 is 0 Å². The maximum atomic E-state index is 13.9. The number of nitrogens with zero attached hydrogens (tertiary/aromatic N) is 1. The standard InChI is InChI=1S/C12H11ClFNO3/c1-15-9(16)5-7(12(17)18)11(15)6-3-2-4-8(13)10(6)14/h2-4,7,11H,5H2,1H3,(H,17,18). The third-order valence-electron chi connectivity index (χ3n) is 3.20. The van der Waals surface area contributed by atoms with E-state index < -0.39 is 23.7 Å². The SMILES string of the molecule is CN1C(=O)CC(C(=O)O)C1c1cccc(Cl)c1F. The second-order valence-corrected chi connectivity index (χ2v) is 4.65. The van der Waals surface area contributed by atoms with Crippen LogP contribution in [0.3, 0.4) is 0 Å². The van der Waals surface area contributed by atoms with Gasteiger partial charge in [-0.2, -0.15) is 0 Å². The fraction of sp³-hybridized carbons (Fsp3) is 0.333. The van der Waals surface area contributed by atoms with Crippen LogP contribution in [-0.2, 0) is 9.59 Å². The molecular weight excluding hydrogens is 261 g/mol. The highest BCUT2D eigenvalue weighted by atomic mass is 35.5.